The lowest BCUT2D eigenvalue weighted by atomic mass is 10.1. The second-order valence-electron chi connectivity index (χ2n) is 5.23. The molecule has 0 unspecified atom stereocenters. The highest BCUT2D eigenvalue weighted by Crippen LogP contribution is 2.29. The lowest BCUT2D eigenvalue weighted by Crippen LogP contribution is -2.25. The zero-order chi connectivity index (χ0) is 16.9. The summed E-state index contributed by atoms with van der Waals surface area (Å²) < 4.78 is 12.9. The molecule has 0 radical (unpaired) electrons. The number of aromatic nitrogens is 1. The summed E-state index contributed by atoms with van der Waals surface area (Å²) in [5.74, 6) is -0.472. The van der Waals surface area contributed by atoms with Gasteiger partial charge in [-0.1, -0.05) is 53.8 Å². The summed E-state index contributed by atoms with van der Waals surface area (Å²) in [6.45, 7) is 0.455. The Labute approximate surface area is 143 Å². The maximum atomic E-state index is 12.9. The van der Waals surface area contributed by atoms with Crippen LogP contribution in [0.25, 0.3) is 11.3 Å². The summed E-state index contributed by atoms with van der Waals surface area (Å²) in [5, 5.41) is 3.23. The number of nitrogens with two attached hydrogens (primary N) is 1. The molecule has 0 aliphatic heterocycles. The van der Waals surface area contributed by atoms with Crippen LogP contribution in [0.15, 0.2) is 54.6 Å². The number of anilines is 1. The quantitative estimate of drug-likeness (QED) is 0.746. The first-order valence-corrected chi connectivity index (χ1v) is 8.29. The van der Waals surface area contributed by atoms with Gasteiger partial charge in [-0.15, -0.1) is 0 Å². The third-order valence-electron chi connectivity index (χ3n) is 3.51. The molecule has 0 aliphatic rings. The van der Waals surface area contributed by atoms with Crippen molar-refractivity contribution in [3.63, 3.8) is 0 Å². The third kappa shape index (κ3) is 3.78. The maximum Gasteiger partial charge on any atom is 0.263 e. The number of amides is 1. The fourth-order valence-corrected chi connectivity index (χ4v) is 3.11. The minimum atomic E-state index is -0.268. The zero-order valence-electron chi connectivity index (χ0n) is 12.8. The number of halogens is 1. The van der Waals surface area contributed by atoms with Crippen molar-refractivity contribution in [2.45, 2.75) is 6.42 Å². The molecular formula is C18H16FN3OS. The average molecular weight is 341 g/mol. The van der Waals surface area contributed by atoms with Crippen molar-refractivity contribution in [2.75, 3.05) is 12.3 Å². The first-order chi connectivity index (χ1) is 11.6. The molecule has 0 bridgehead atoms. The Balaban J connectivity index is 1.68. The summed E-state index contributed by atoms with van der Waals surface area (Å²) in [4.78, 5) is 17.2. The van der Waals surface area contributed by atoms with Crippen LogP contribution in [-0.4, -0.2) is 17.4 Å². The zero-order valence-corrected chi connectivity index (χ0v) is 13.6. The third-order valence-corrected chi connectivity index (χ3v) is 4.39. The van der Waals surface area contributed by atoms with Gasteiger partial charge in [-0.25, -0.2) is 9.37 Å². The number of hydrogen-bond donors (Lipinski definition) is 2. The molecule has 3 N–H and O–H groups in total. The highest BCUT2D eigenvalue weighted by atomic mass is 32.1. The molecule has 0 atom stereocenters. The average Bonchev–Trinajstić information content (AvgIpc) is 2.99. The molecule has 0 fully saturated rings. The number of hydrogen-bond acceptors (Lipinski definition) is 4. The number of thiazole rings is 1. The van der Waals surface area contributed by atoms with Crippen LogP contribution in [0.5, 0.6) is 0 Å². The summed E-state index contributed by atoms with van der Waals surface area (Å²) in [7, 11) is 0. The number of rotatable bonds is 5. The van der Waals surface area contributed by atoms with Crippen molar-refractivity contribution in [2.24, 2.45) is 0 Å². The van der Waals surface area contributed by atoms with E-state index in [1.807, 2.05) is 30.3 Å². The standard InChI is InChI=1S/C18H16FN3OS/c19-14-8-6-12(7-9-14)10-11-21-17(23)16-15(22-18(20)24-16)13-4-2-1-3-5-13/h1-9H,10-11H2,(H2,20,22)(H,21,23). The largest absolute Gasteiger partial charge is 0.375 e. The molecule has 0 saturated carbocycles. The van der Waals surface area contributed by atoms with E-state index >= 15 is 0 Å². The van der Waals surface area contributed by atoms with Crippen molar-refractivity contribution in [3.8, 4) is 11.3 Å². The molecule has 1 aromatic heterocycles. The number of carbonyl (C=O) groups excluding carboxylic acids is 1. The summed E-state index contributed by atoms with van der Waals surface area (Å²) in [6, 6.07) is 15.7. The molecular weight excluding hydrogens is 325 g/mol. The maximum absolute atomic E-state index is 12.9. The fraction of sp³-hybridized carbons (Fsp3) is 0.111. The number of nitrogens with zero attached hydrogens (tertiary/aromatic N) is 1. The normalized spacial score (nSPS) is 10.5. The number of nitrogens with one attached hydrogen (secondary N) is 1. The molecule has 122 valence electrons. The van der Waals surface area contributed by atoms with E-state index in [2.05, 4.69) is 10.3 Å². The number of benzene rings is 2. The van der Waals surface area contributed by atoms with Crippen molar-refractivity contribution in [1.29, 1.82) is 0 Å². The Morgan fingerprint density at radius 2 is 1.83 bits per heavy atom. The molecule has 1 amide bonds. The van der Waals surface area contributed by atoms with E-state index in [1.54, 1.807) is 12.1 Å². The van der Waals surface area contributed by atoms with E-state index in [9.17, 15) is 9.18 Å². The molecule has 6 heteroatoms. The van der Waals surface area contributed by atoms with E-state index in [1.165, 1.54) is 23.5 Å². The van der Waals surface area contributed by atoms with Gasteiger partial charge in [-0.3, -0.25) is 4.79 Å². The molecule has 0 aliphatic carbocycles. The molecule has 1 heterocycles. The van der Waals surface area contributed by atoms with E-state index in [4.69, 9.17) is 5.73 Å². The van der Waals surface area contributed by atoms with E-state index in [0.717, 1.165) is 11.1 Å². The molecule has 0 saturated heterocycles. The molecule has 4 nitrogen and oxygen atoms in total. The van der Waals surface area contributed by atoms with Gasteiger partial charge in [-0.05, 0) is 24.1 Å². The molecule has 3 rings (SSSR count). The van der Waals surface area contributed by atoms with Crippen LogP contribution in [0, 0.1) is 5.82 Å². The Morgan fingerprint density at radius 1 is 1.12 bits per heavy atom. The van der Waals surface area contributed by atoms with Crippen molar-refractivity contribution in [3.05, 3.63) is 70.9 Å². The predicted molar refractivity (Wildman–Crippen MR) is 94.4 cm³/mol. The first kappa shape index (κ1) is 16.1. The van der Waals surface area contributed by atoms with Gasteiger partial charge in [-0.2, -0.15) is 0 Å². The Bertz CT molecular complexity index is 831. The second-order valence-corrected chi connectivity index (χ2v) is 6.26. The SMILES string of the molecule is Nc1nc(-c2ccccc2)c(C(=O)NCCc2ccc(F)cc2)s1. The monoisotopic (exact) mass is 341 g/mol. The van der Waals surface area contributed by atoms with Gasteiger partial charge in [0.05, 0.1) is 5.69 Å². The highest BCUT2D eigenvalue weighted by Gasteiger charge is 2.18. The lowest BCUT2D eigenvalue weighted by molar-refractivity contribution is 0.0958. The van der Waals surface area contributed by atoms with Crippen LogP contribution in [0.1, 0.15) is 15.2 Å². The minimum absolute atomic E-state index is 0.204. The summed E-state index contributed by atoms with van der Waals surface area (Å²) in [6.07, 6.45) is 0.626. The molecule has 24 heavy (non-hydrogen) atoms. The summed E-state index contributed by atoms with van der Waals surface area (Å²) in [5.41, 5.74) is 8.19. The Kier molecular flexibility index (Phi) is 4.86. The number of carbonyl (C=O) groups is 1. The van der Waals surface area contributed by atoms with Crippen LogP contribution in [-0.2, 0) is 6.42 Å². The minimum Gasteiger partial charge on any atom is -0.375 e. The van der Waals surface area contributed by atoms with E-state index in [-0.39, 0.29) is 11.7 Å². The van der Waals surface area contributed by atoms with E-state index in [0.29, 0.717) is 28.7 Å². The molecule has 3 aromatic rings. The lowest BCUT2D eigenvalue weighted by Gasteiger charge is -2.06. The van der Waals surface area contributed by atoms with Crippen LogP contribution in [0.3, 0.4) is 0 Å². The van der Waals surface area contributed by atoms with Gasteiger partial charge in [0.15, 0.2) is 5.13 Å². The highest BCUT2D eigenvalue weighted by molar-refractivity contribution is 7.17. The van der Waals surface area contributed by atoms with Gasteiger partial charge < -0.3 is 11.1 Å². The van der Waals surface area contributed by atoms with Crippen LogP contribution in [0.2, 0.25) is 0 Å². The van der Waals surface area contributed by atoms with Crippen LogP contribution >= 0.6 is 11.3 Å². The van der Waals surface area contributed by atoms with Crippen LogP contribution < -0.4 is 11.1 Å². The number of nitrogen functional groups attached to an aromatic ring is 1. The molecule has 2 aromatic carbocycles. The molecule has 0 spiro atoms. The predicted octanol–water partition coefficient (Wildman–Crippen LogP) is 3.50. The van der Waals surface area contributed by atoms with Gasteiger partial charge >= 0.3 is 0 Å². The van der Waals surface area contributed by atoms with Gasteiger partial charge in [0, 0.05) is 12.1 Å². The van der Waals surface area contributed by atoms with Crippen molar-refractivity contribution < 1.29 is 9.18 Å². The van der Waals surface area contributed by atoms with Gasteiger partial charge in [0.25, 0.3) is 5.91 Å². The smallest absolute Gasteiger partial charge is 0.263 e. The topological polar surface area (TPSA) is 68.0 Å². The van der Waals surface area contributed by atoms with Crippen molar-refractivity contribution >= 4 is 22.4 Å². The van der Waals surface area contributed by atoms with Crippen LogP contribution in [0.4, 0.5) is 9.52 Å². The fourth-order valence-electron chi connectivity index (χ4n) is 2.33. The second kappa shape index (κ2) is 7.23. The first-order valence-electron chi connectivity index (χ1n) is 7.48. The Morgan fingerprint density at radius 3 is 2.54 bits per heavy atom. The van der Waals surface area contributed by atoms with E-state index < -0.39 is 0 Å². The van der Waals surface area contributed by atoms with Gasteiger partial charge in [0.2, 0.25) is 0 Å². The van der Waals surface area contributed by atoms with Crippen molar-refractivity contribution in [1.82, 2.24) is 10.3 Å². The summed E-state index contributed by atoms with van der Waals surface area (Å²) >= 11 is 1.17. The van der Waals surface area contributed by atoms with Gasteiger partial charge in [0.1, 0.15) is 10.7 Å². The Hall–Kier alpha value is -2.73.